The van der Waals surface area contributed by atoms with Gasteiger partial charge in [-0.05, 0) is 26.1 Å². The minimum atomic E-state index is -1.12. The highest BCUT2D eigenvalue weighted by Crippen LogP contribution is 2.14. The van der Waals surface area contributed by atoms with Gasteiger partial charge < -0.3 is 5.11 Å². The summed E-state index contributed by atoms with van der Waals surface area (Å²) >= 11 is 0. The quantitative estimate of drug-likeness (QED) is 0.887. The van der Waals surface area contributed by atoms with Crippen LogP contribution in [0.2, 0.25) is 0 Å². The number of nitrogens with zero attached hydrogens (tertiary/aromatic N) is 3. The molecule has 2 aromatic rings. The number of halogens is 1. The number of rotatable bonds is 6. The van der Waals surface area contributed by atoms with Crippen LogP contribution in [0, 0.1) is 5.82 Å². The van der Waals surface area contributed by atoms with Gasteiger partial charge in [-0.2, -0.15) is 5.10 Å². The lowest BCUT2D eigenvalue weighted by Gasteiger charge is -2.16. The predicted octanol–water partition coefficient (Wildman–Crippen LogP) is 2.37. The van der Waals surface area contributed by atoms with Gasteiger partial charge in [-0.25, -0.2) is 9.18 Å². The van der Waals surface area contributed by atoms with E-state index in [-0.39, 0.29) is 5.56 Å². The van der Waals surface area contributed by atoms with E-state index >= 15 is 0 Å². The predicted molar refractivity (Wildman–Crippen MR) is 76.4 cm³/mol. The molecular formula is C15H18FN3O2. The Labute approximate surface area is 122 Å². The molecule has 0 fully saturated rings. The zero-order chi connectivity index (χ0) is 15.4. The molecule has 0 unspecified atom stereocenters. The molecule has 2 rings (SSSR count). The summed E-state index contributed by atoms with van der Waals surface area (Å²) in [6, 6.07) is 4.00. The van der Waals surface area contributed by atoms with Crippen LogP contribution >= 0.6 is 0 Å². The number of aryl methyl sites for hydroxylation is 1. The van der Waals surface area contributed by atoms with E-state index in [2.05, 4.69) is 5.10 Å². The second-order valence-corrected chi connectivity index (χ2v) is 4.99. The van der Waals surface area contributed by atoms with Crippen molar-refractivity contribution in [1.29, 1.82) is 0 Å². The number of aromatic carboxylic acids is 1. The van der Waals surface area contributed by atoms with E-state index in [0.717, 1.165) is 18.2 Å². The minimum absolute atomic E-state index is 0.0388. The first-order valence-electron chi connectivity index (χ1n) is 6.71. The molecule has 0 radical (unpaired) electrons. The summed E-state index contributed by atoms with van der Waals surface area (Å²) < 4.78 is 15.7. The summed E-state index contributed by atoms with van der Waals surface area (Å²) in [5, 5.41) is 13.0. The molecule has 0 aliphatic rings. The van der Waals surface area contributed by atoms with Crippen molar-refractivity contribution in [1.82, 2.24) is 14.7 Å². The average Bonchev–Trinajstić information content (AvgIpc) is 2.88. The van der Waals surface area contributed by atoms with Crippen molar-refractivity contribution in [2.45, 2.75) is 26.6 Å². The highest BCUT2D eigenvalue weighted by atomic mass is 19.1. The number of benzene rings is 1. The smallest absolute Gasteiger partial charge is 0.335 e. The fraction of sp³-hybridized carbons (Fsp3) is 0.333. The molecule has 5 nitrogen and oxygen atoms in total. The van der Waals surface area contributed by atoms with Gasteiger partial charge in [0.25, 0.3) is 0 Å². The largest absolute Gasteiger partial charge is 0.478 e. The van der Waals surface area contributed by atoms with Crippen LogP contribution in [-0.2, 0) is 19.6 Å². The van der Waals surface area contributed by atoms with E-state index < -0.39 is 11.8 Å². The van der Waals surface area contributed by atoms with Gasteiger partial charge in [-0.1, -0.05) is 6.07 Å². The van der Waals surface area contributed by atoms with Gasteiger partial charge in [0.1, 0.15) is 5.82 Å². The molecule has 21 heavy (non-hydrogen) atoms. The Kier molecular flexibility index (Phi) is 4.70. The van der Waals surface area contributed by atoms with E-state index in [1.165, 1.54) is 12.1 Å². The number of carbonyl (C=O) groups is 1. The lowest BCUT2D eigenvalue weighted by atomic mass is 10.1. The highest BCUT2D eigenvalue weighted by Gasteiger charge is 2.11. The molecule has 0 saturated heterocycles. The maximum absolute atomic E-state index is 13.9. The van der Waals surface area contributed by atoms with Crippen molar-refractivity contribution < 1.29 is 14.3 Å². The zero-order valence-electron chi connectivity index (χ0n) is 12.1. The Balaban J connectivity index is 2.02. The highest BCUT2D eigenvalue weighted by molar-refractivity contribution is 5.87. The third-order valence-electron chi connectivity index (χ3n) is 3.20. The molecule has 0 aliphatic heterocycles. The van der Waals surface area contributed by atoms with Crippen LogP contribution in [0.1, 0.15) is 28.4 Å². The van der Waals surface area contributed by atoms with Crippen LogP contribution in [0.4, 0.5) is 4.39 Å². The van der Waals surface area contributed by atoms with Crippen molar-refractivity contribution in [2.24, 2.45) is 0 Å². The lowest BCUT2D eigenvalue weighted by Crippen LogP contribution is -2.18. The van der Waals surface area contributed by atoms with Gasteiger partial charge in [0, 0.05) is 37.0 Å². The van der Waals surface area contributed by atoms with Crippen molar-refractivity contribution in [3.63, 3.8) is 0 Å². The molecule has 112 valence electrons. The molecule has 1 aromatic carbocycles. The second kappa shape index (κ2) is 6.49. The zero-order valence-corrected chi connectivity index (χ0v) is 12.1. The van der Waals surface area contributed by atoms with Gasteiger partial charge >= 0.3 is 5.97 Å². The molecule has 1 N–H and O–H groups in total. The molecule has 0 bridgehead atoms. The minimum Gasteiger partial charge on any atom is -0.478 e. The Hall–Kier alpha value is -2.21. The van der Waals surface area contributed by atoms with Crippen molar-refractivity contribution in [3.8, 4) is 0 Å². The molecule has 0 atom stereocenters. The third-order valence-corrected chi connectivity index (χ3v) is 3.20. The maximum atomic E-state index is 13.9. The van der Waals surface area contributed by atoms with Crippen molar-refractivity contribution >= 4 is 5.97 Å². The summed E-state index contributed by atoms with van der Waals surface area (Å²) in [6.07, 6.45) is 3.75. The number of aromatic nitrogens is 2. The van der Waals surface area contributed by atoms with Crippen molar-refractivity contribution in [3.05, 3.63) is 53.1 Å². The summed E-state index contributed by atoms with van der Waals surface area (Å²) in [4.78, 5) is 12.7. The number of carboxylic acid groups (broad SMARTS) is 1. The van der Waals surface area contributed by atoms with E-state index in [0.29, 0.717) is 18.7 Å². The summed E-state index contributed by atoms with van der Waals surface area (Å²) in [5.41, 5.74) is 1.50. The molecular weight excluding hydrogens is 273 g/mol. The fourth-order valence-corrected chi connectivity index (χ4v) is 2.13. The van der Waals surface area contributed by atoms with Crippen LogP contribution in [0.25, 0.3) is 0 Å². The van der Waals surface area contributed by atoms with Gasteiger partial charge in [0.15, 0.2) is 0 Å². The topological polar surface area (TPSA) is 58.4 Å². The van der Waals surface area contributed by atoms with Crippen LogP contribution in [0.15, 0.2) is 30.6 Å². The molecule has 1 aromatic heterocycles. The molecule has 6 heteroatoms. The van der Waals surface area contributed by atoms with Gasteiger partial charge in [0.05, 0.1) is 11.8 Å². The van der Waals surface area contributed by atoms with Gasteiger partial charge in [0.2, 0.25) is 0 Å². The first kappa shape index (κ1) is 15.2. The van der Waals surface area contributed by atoms with E-state index in [4.69, 9.17) is 5.11 Å². The lowest BCUT2D eigenvalue weighted by molar-refractivity contribution is 0.0696. The number of carboxylic acids is 1. The van der Waals surface area contributed by atoms with Gasteiger partial charge in [-0.15, -0.1) is 0 Å². The van der Waals surface area contributed by atoms with Crippen LogP contribution < -0.4 is 0 Å². The SMILES string of the molecule is CCn1cc(CN(C)Cc2ccc(C(=O)O)cc2F)cn1. The average molecular weight is 291 g/mol. The Morgan fingerprint density at radius 1 is 1.43 bits per heavy atom. The monoisotopic (exact) mass is 291 g/mol. The van der Waals surface area contributed by atoms with Crippen LogP contribution in [-0.4, -0.2) is 32.8 Å². The maximum Gasteiger partial charge on any atom is 0.335 e. The standard InChI is InChI=1S/C15H18FN3O2/c1-3-19-9-11(7-17-19)8-18(2)10-13-5-4-12(15(20)21)6-14(13)16/h4-7,9H,3,8,10H2,1-2H3,(H,20,21). The Bertz CT molecular complexity index is 640. The number of hydrogen-bond donors (Lipinski definition) is 1. The van der Waals surface area contributed by atoms with E-state index in [9.17, 15) is 9.18 Å². The van der Waals surface area contributed by atoms with Crippen molar-refractivity contribution in [2.75, 3.05) is 7.05 Å². The summed E-state index contributed by atoms with van der Waals surface area (Å²) in [5.74, 6) is -1.62. The van der Waals surface area contributed by atoms with Crippen LogP contribution in [0.5, 0.6) is 0 Å². The number of hydrogen-bond acceptors (Lipinski definition) is 3. The Morgan fingerprint density at radius 2 is 2.19 bits per heavy atom. The fourth-order valence-electron chi connectivity index (χ4n) is 2.13. The molecule has 0 amide bonds. The molecule has 1 heterocycles. The summed E-state index contributed by atoms with van der Waals surface area (Å²) in [7, 11) is 1.88. The normalized spacial score (nSPS) is 11.0. The third kappa shape index (κ3) is 3.88. The first-order valence-corrected chi connectivity index (χ1v) is 6.71. The summed E-state index contributed by atoms with van der Waals surface area (Å²) in [6.45, 7) is 3.89. The van der Waals surface area contributed by atoms with E-state index in [1.54, 1.807) is 6.20 Å². The molecule has 0 aliphatic carbocycles. The molecule has 0 saturated carbocycles. The van der Waals surface area contributed by atoms with E-state index in [1.807, 2.05) is 29.7 Å². The van der Waals surface area contributed by atoms with Crippen LogP contribution in [0.3, 0.4) is 0 Å². The second-order valence-electron chi connectivity index (χ2n) is 4.99. The Morgan fingerprint density at radius 3 is 2.76 bits per heavy atom. The molecule has 0 spiro atoms. The first-order chi connectivity index (χ1) is 9.99. The van der Waals surface area contributed by atoms with Gasteiger partial charge in [-0.3, -0.25) is 9.58 Å².